The molecule has 2 saturated heterocycles. The smallest absolute Gasteiger partial charge is 0.237 e. The highest BCUT2D eigenvalue weighted by Gasteiger charge is 2.33. The minimum atomic E-state index is -2.96. The fourth-order valence-electron chi connectivity index (χ4n) is 3.53. The predicted octanol–water partition coefficient (Wildman–Crippen LogP) is 1.17. The summed E-state index contributed by atoms with van der Waals surface area (Å²) in [5.74, 6) is 0.684. The number of carbonyl (C=O) groups excluding carboxylic acids is 1. The van der Waals surface area contributed by atoms with Crippen molar-refractivity contribution in [3.05, 3.63) is 35.9 Å². The molecule has 1 N–H and O–H groups in total. The standard InChI is InChI=1S/C17H24N2O3S/c1-13(17(20)18-16-8-10-23(21,22)12-16)19-9-7-15(11-19)14-5-3-2-4-6-14/h2-6,13,15-16H,7-12H2,1H3,(H,18,20)/t13-,15-,16+/m1/s1. The number of carbonyl (C=O) groups is 1. The topological polar surface area (TPSA) is 66.5 Å². The van der Waals surface area contributed by atoms with Gasteiger partial charge in [-0.05, 0) is 37.8 Å². The van der Waals surface area contributed by atoms with Gasteiger partial charge in [0.2, 0.25) is 5.91 Å². The van der Waals surface area contributed by atoms with Crippen LogP contribution in [0.1, 0.15) is 31.2 Å². The molecular formula is C17H24N2O3S. The van der Waals surface area contributed by atoms with Gasteiger partial charge in [0.15, 0.2) is 9.84 Å². The van der Waals surface area contributed by atoms with Crippen molar-refractivity contribution in [3.63, 3.8) is 0 Å². The molecule has 0 unspecified atom stereocenters. The molecule has 1 aromatic carbocycles. The molecule has 0 radical (unpaired) electrons. The molecule has 0 bridgehead atoms. The number of nitrogens with one attached hydrogen (secondary N) is 1. The van der Waals surface area contributed by atoms with Crippen LogP contribution >= 0.6 is 0 Å². The number of likely N-dealkylation sites (tertiary alicyclic amines) is 1. The van der Waals surface area contributed by atoms with Crippen LogP contribution in [-0.4, -0.2) is 55.9 Å². The molecule has 2 aliphatic rings. The number of amides is 1. The summed E-state index contributed by atoms with van der Waals surface area (Å²) in [5, 5.41) is 2.91. The van der Waals surface area contributed by atoms with Crippen LogP contribution in [0.25, 0.3) is 0 Å². The Morgan fingerprint density at radius 2 is 2.00 bits per heavy atom. The van der Waals surface area contributed by atoms with Gasteiger partial charge in [0.05, 0.1) is 17.5 Å². The number of sulfone groups is 1. The Morgan fingerprint density at radius 1 is 1.26 bits per heavy atom. The summed E-state index contributed by atoms with van der Waals surface area (Å²) in [6.07, 6.45) is 1.59. The van der Waals surface area contributed by atoms with Crippen molar-refractivity contribution in [2.24, 2.45) is 0 Å². The van der Waals surface area contributed by atoms with E-state index >= 15 is 0 Å². The van der Waals surface area contributed by atoms with E-state index in [2.05, 4.69) is 34.5 Å². The minimum absolute atomic E-state index is 0.0548. The summed E-state index contributed by atoms with van der Waals surface area (Å²) in [7, 11) is -2.96. The van der Waals surface area contributed by atoms with Gasteiger partial charge < -0.3 is 5.32 Å². The van der Waals surface area contributed by atoms with E-state index in [1.807, 2.05) is 13.0 Å². The maximum absolute atomic E-state index is 12.4. The van der Waals surface area contributed by atoms with E-state index < -0.39 is 9.84 Å². The average Bonchev–Trinajstić information content (AvgIpc) is 3.14. The molecule has 23 heavy (non-hydrogen) atoms. The van der Waals surface area contributed by atoms with E-state index in [4.69, 9.17) is 0 Å². The van der Waals surface area contributed by atoms with Crippen LogP contribution in [0.5, 0.6) is 0 Å². The van der Waals surface area contributed by atoms with Crippen LogP contribution < -0.4 is 5.32 Å². The lowest BCUT2D eigenvalue weighted by Crippen LogP contribution is -2.47. The Kier molecular flexibility index (Phi) is 4.73. The van der Waals surface area contributed by atoms with E-state index in [-0.39, 0.29) is 29.5 Å². The van der Waals surface area contributed by atoms with Crippen molar-refractivity contribution in [3.8, 4) is 0 Å². The summed E-state index contributed by atoms with van der Waals surface area (Å²) in [5.41, 5.74) is 1.32. The lowest BCUT2D eigenvalue weighted by Gasteiger charge is -2.25. The number of hydrogen-bond acceptors (Lipinski definition) is 4. The SMILES string of the molecule is C[C@H](C(=O)N[C@H]1CCS(=O)(=O)C1)N1CC[C@@H](c2ccccc2)C1. The second-order valence-corrected chi connectivity index (χ2v) is 8.90. The number of benzene rings is 1. The average molecular weight is 336 g/mol. The third-order valence-corrected chi connectivity index (χ3v) is 6.76. The fraction of sp³-hybridized carbons (Fsp3) is 0.588. The van der Waals surface area contributed by atoms with E-state index in [0.717, 1.165) is 19.5 Å². The predicted molar refractivity (Wildman–Crippen MR) is 90.0 cm³/mol. The van der Waals surface area contributed by atoms with Crippen LogP contribution in [0.2, 0.25) is 0 Å². The maximum atomic E-state index is 12.4. The van der Waals surface area contributed by atoms with E-state index in [9.17, 15) is 13.2 Å². The van der Waals surface area contributed by atoms with Gasteiger partial charge in [-0.15, -0.1) is 0 Å². The first-order valence-corrected chi connectivity index (χ1v) is 10.1. The molecule has 1 amide bonds. The molecule has 2 heterocycles. The van der Waals surface area contributed by atoms with Crippen molar-refractivity contribution >= 4 is 15.7 Å². The third-order valence-electron chi connectivity index (χ3n) is 5.00. The highest BCUT2D eigenvalue weighted by Crippen LogP contribution is 2.28. The van der Waals surface area contributed by atoms with Crippen LogP contribution in [-0.2, 0) is 14.6 Å². The lowest BCUT2D eigenvalue weighted by atomic mass is 9.99. The third kappa shape index (κ3) is 3.93. The largest absolute Gasteiger partial charge is 0.351 e. The first-order valence-electron chi connectivity index (χ1n) is 8.24. The highest BCUT2D eigenvalue weighted by molar-refractivity contribution is 7.91. The number of nitrogens with zero attached hydrogens (tertiary/aromatic N) is 1. The van der Waals surface area contributed by atoms with Crippen LogP contribution in [0.3, 0.4) is 0 Å². The summed E-state index contributed by atoms with van der Waals surface area (Å²) in [6.45, 7) is 3.69. The molecule has 6 heteroatoms. The molecule has 0 saturated carbocycles. The lowest BCUT2D eigenvalue weighted by molar-refractivity contribution is -0.126. The maximum Gasteiger partial charge on any atom is 0.237 e. The van der Waals surface area contributed by atoms with Gasteiger partial charge in [-0.2, -0.15) is 0 Å². The molecule has 0 aromatic heterocycles. The monoisotopic (exact) mass is 336 g/mol. The second kappa shape index (κ2) is 6.61. The quantitative estimate of drug-likeness (QED) is 0.896. The summed E-state index contributed by atoms with van der Waals surface area (Å²) < 4.78 is 23.0. The van der Waals surface area contributed by atoms with Gasteiger partial charge in [-0.1, -0.05) is 30.3 Å². The van der Waals surface area contributed by atoms with Crippen molar-refractivity contribution in [1.29, 1.82) is 0 Å². The zero-order chi connectivity index (χ0) is 16.4. The van der Waals surface area contributed by atoms with E-state index in [0.29, 0.717) is 12.3 Å². The molecular weight excluding hydrogens is 312 g/mol. The molecule has 1 aromatic rings. The molecule has 0 spiro atoms. The van der Waals surface area contributed by atoms with Gasteiger partial charge in [0.1, 0.15) is 0 Å². The van der Waals surface area contributed by atoms with Crippen molar-refractivity contribution in [2.45, 2.75) is 37.8 Å². The Hall–Kier alpha value is -1.40. The first-order chi connectivity index (χ1) is 10.9. The molecule has 2 aliphatic heterocycles. The van der Waals surface area contributed by atoms with Crippen LogP contribution in [0, 0.1) is 0 Å². The fourth-order valence-corrected chi connectivity index (χ4v) is 5.21. The second-order valence-electron chi connectivity index (χ2n) is 6.68. The zero-order valence-electron chi connectivity index (χ0n) is 13.4. The van der Waals surface area contributed by atoms with Gasteiger partial charge >= 0.3 is 0 Å². The highest BCUT2D eigenvalue weighted by atomic mass is 32.2. The number of rotatable bonds is 4. The molecule has 126 valence electrons. The molecule has 2 fully saturated rings. The van der Waals surface area contributed by atoms with Crippen LogP contribution in [0.4, 0.5) is 0 Å². The van der Waals surface area contributed by atoms with E-state index in [1.165, 1.54) is 5.56 Å². The molecule has 3 rings (SSSR count). The summed E-state index contributed by atoms with van der Waals surface area (Å²) in [4.78, 5) is 14.6. The summed E-state index contributed by atoms with van der Waals surface area (Å²) in [6, 6.07) is 9.96. The van der Waals surface area contributed by atoms with Gasteiger partial charge in [0.25, 0.3) is 0 Å². The van der Waals surface area contributed by atoms with Crippen molar-refractivity contribution in [1.82, 2.24) is 10.2 Å². The van der Waals surface area contributed by atoms with E-state index in [1.54, 1.807) is 0 Å². The Labute approximate surface area is 138 Å². The van der Waals surface area contributed by atoms with Crippen molar-refractivity contribution < 1.29 is 13.2 Å². The summed E-state index contributed by atoms with van der Waals surface area (Å²) >= 11 is 0. The van der Waals surface area contributed by atoms with Crippen LogP contribution in [0.15, 0.2) is 30.3 Å². The minimum Gasteiger partial charge on any atom is -0.351 e. The Balaban J connectivity index is 1.54. The Bertz CT molecular complexity index is 660. The van der Waals surface area contributed by atoms with Gasteiger partial charge in [0, 0.05) is 12.6 Å². The van der Waals surface area contributed by atoms with Gasteiger partial charge in [-0.25, -0.2) is 8.42 Å². The molecule has 5 nitrogen and oxygen atoms in total. The Morgan fingerprint density at radius 3 is 2.65 bits per heavy atom. The first kappa shape index (κ1) is 16.5. The molecule has 0 aliphatic carbocycles. The number of hydrogen-bond donors (Lipinski definition) is 1. The normalized spacial score (nSPS) is 28.6. The van der Waals surface area contributed by atoms with Crippen molar-refractivity contribution in [2.75, 3.05) is 24.6 Å². The zero-order valence-corrected chi connectivity index (χ0v) is 14.3. The molecule has 3 atom stereocenters. The van der Waals surface area contributed by atoms with Gasteiger partial charge in [-0.3, -0.25) is 9.69 Å².